The van der Waals surface area contributed by atoms with E-state index in [1.54, 1.807) is 4.90 Å². The van der Waals surface area contributed by atoms with Crippen LogP contribution in [0.5, 0.6) is 5.75 Å². The largest absolute Gasteiger partial charge is 0.491 e. The summed E-state index contributed by atoms with van der Waals surface area (Å²) in [7, 11) is 1.83. The molecule has 0 aliphatic carbocycles. The molecule has 1 saturated heterocycles. The number of ether oxygens (including phenoxy) is 2. The van der Waals surface area contributed by atoms with Gasteiger partial charge in [-0.2, -0.15) is 0 Å². The summed E-state index contributed by atoms with van der Waals surface area (Å²) in [5.74, 6) is 0.865. The molecule has 6 heteroatoms. The minimum atomic E-state index is -0.646. The first kappa shape index (κ1) is 18.7. The third-order valence-electron chi connectivity index (χ3n) is 4.07. The second-order valence-electron chi connectivity index (χ2n) is 6.42. The van der Waals surface area contributed by atoms with Crippen LogP contribution in [-0.2, 0) is 9.53 Å². The quantitative estimate of drug-likeness (QED) is 0.799. The monoisotopic (exact) mass is 336 g/mol. The molecule has 1 aliphatic rings. The van der Waals surface area contributed by atoms with Crippen LogP contribution in [0.15, 0.2) is 18.2 Å². The van der Waals surface area contributed by atoms with Crippen LogP contribution in [0.2, 0.25) is 0 Å². The SMILES string of the molecule is Cc1ccc(C)c(OCC(O)CN(C)CC(=O)N2CCOCC2)c1. The third kappa shape index (κ3) is 5.78. The Morgan fingerprint density at radius 2 is 2.08 bits per heavy atom. The van der Waals surface area contributed by atoms with E-state index in [9.17, 15) is 9.90 Å². The molecule has 1 atom stereocenters. The van der Waals surface area contributed by atoms with Crippen molar-refractivity contribution >= 4 is 5.91 Å². The molecular weight excluding hydrogens is 308 g/mol. The Morgan fingerprint density at radius 3 is 2.79 bits per heavy atom. The van der Waals surface area contributed by atoms with Crippen LogP contribution in [-0.4, -0.2) is 80.0 Å². The van der Waals surface area contributed by atoms with Gasteiger partial charge < -0.3 is 19.5 Å². The molecule has 1 aromatic carbocycles. The van der Waals surface area contributed by atoms with Crippen molar-refractivity contribution in [3.8, 4) is 5.75 Å². The maximum Gasteiger partial charge on any atom is 0.236 e. The summed E-state index contributed by atoms with van der Waals surface area (Å²) in [5.41, 5.74) is 2.17. The minimum Gasteiger partial charge on any atom is -0.491 e. The molecule has 1 aromatic rings. The Hall–Kier alpha value is -1.63. The average molecular weight is 336 g/mol. The summed E-state index contributed by atoms with van der Waals surface area (Å²) in [6, 6.07) is 6.00. The zero-order valence-electron chi connectivity index (χ0n) is 14.8. The molecule has 0 radical (unpaired) electrons. The first-order chi connectivity index (χ1) is 11.5. The summed E-state index contributed by atoms with van der Waals surface area (Å²) in [6.07, 6.45) is -0.646. The lowest BCUT2D eigenvalue weighted by atomic mass is 10.1. The fourth-order valence-electron chi connectivity index (χ4n) is 2.67. The van der Waals surface area contributed by atoms with Crippen LogP contribution in [0.25, 0.3) is 0 Å². The summed E-state index contributed by atoms with van der Waals surface area (Å²) in [5, 5.41) is 10.2. The van der Waals surface area contributed by atoms with E-state index in [-0.39, 0.29) is 12.5 Å². The van der Waals surface area contributed by atoms with Crippen LogP contribution in [0, 0.1) is 13.8 Å². The van der Waals surface area contributed by atoms with Crippen molar-refractivity contribution in [1.82, 2.24) is 9.80 Å². The van der Waals surface area contributed by atoms with Crippen molar-refractivity contribution in [3.63, 3.8) is 0 Å². The molecule has 1 heterocycles. The number of hydrogen-bond acceptors (Lipinski definition) is 5. The van der Waals surface area contributed by atoms with E-state index in [2.05, 4.69) is 0 Å². The lowest BCUT2D eigenvalue weighted by molar-refractivity contribution is -0.136. The van der Waals surface area contributed by atoms with Crippen LogP contribution < -0.4 is 4.74 Å². The molecule has 24 heavy (non-hydrogen) atoms. The van der Waals surface area contributed by atoms with Gasteiger partial charge in [-0.05, 0) is 38.1 Å². The Kier molecular flexibility index (Phi) is 7.02. The summed E-state index contributed by atoms with van der Waals surface area (Å²) >= 11 is 0. The smallest absolute Gasteiger partial charge is 0.236 e. The van der Waals surface area contributed by atoms with E-state index in [1.165, 1.54) is 0 Å². The number of aryl methyl sites for hydroxylation is 2. The van der Waals surface area contributed by atoms with Gasteiger partial charge in [-0.3, -0.25) is 9.69 Å². The number of amides is 1. The molecule has 6 nitrogen and oxygen atoms in total. The molecule has 1 amide bonds. The van der Waals surface area contributed by atoms with Crippen molar-refractivity contribution in [2.45, 2.75) is 20.0 Å². The lowest BCUT2D eigenvalue weighted by Crippen LogP contribution is -2.46. The van der Waals surface area contributed by atoms with Crippen LogP contribution in [0.1, 0.15) is 11.1 Å². The van der Waals surface area contributed by atoms with Crippen molar-refractivity contribution in [3.05, 3.63) is 29.3 Å². The van der Waals surface area contributed by atoms with Gasteiger partial charge in [-0.25, -0.2) is 0 Å². The van der Waals surface area contributed by atoms with Gasteiger partial charge in [0.15, 0.2) is 0 Å². The van der Waals surface area contributed by atoms with Crippen molar-refractivity contribution in [1.29, 1.82) is 0 Å². The number of likely N-dealkylation sites (N-methyl/N-ethyl adjacent to an activating group) is 1. The zero-order valence-corrected chi connectivity index (χ0v) is 14.8. The Morgan fingerprint density at radius 1 is 1.38 bits per heavy atom. The Bertz CT molecular complexity index is 544. The standard InChI is InChI=1S/C18H28N2O4/c1-14-4-5-15(2)17(10-14)24-13-16(21)11-19(3)12-18(22)20-6-8-23-9-7-20/h4-5,10,16,21H,6-9,11-13H2,1-3H3. The number of carbonyl (C=O) groups excluding carboxylic acids is 1. The molecule has 1 fully saturated rings. The maximum absolute atomic E-state index is 12.2. The topological polar surface area (TPSA) is 62.2 Å². The van der Waals surface area contributed by atoms with Crippen molar-refractivity contribution in [2.75, 3.05) is 53.0 Å². The van der Waals surface area contributed by atoms with Crippen molar-refractivity contribution < 1.29 is 19.4 Å². The highest BCUT2D eigenvalue weighted by Crippen LogP contribution is 2.19. The molecule has 0 aromatic heterocycles. The molecule has 134 valence electrons. The van der Waals surface area contributed by atoms with Crippen molar-refractivity contribution in [2.24, 2.45) is 0 Å². The number of morpholine rings is 1. The van der Waals surface area contributed by atoms with Gasteiger partial charge >= 0.3 is 0 Å². The van der Waals surface area contributed by atoms with E-state index in [0.29, 0.717) is 39.4 Å². The van der Waals surface area contributed by atoms with Gasteiger partial charge in [0.05, 0.1) is 19.8 Å². The van der Waals surface area contributed by atoms with E-state index in [0.717, 1.165) is 16.9 Å². The molecule has 0 bridgehead atoms. The van der Waals surface area contributed by atoms with Crippen LogP contribution >= 0.6 is 0 Å². The molecular formula is C18H28N2O4. The van der Waals surface area contributed by atoms with Gasteiger partial charge in [0.2, 0.25) is 5.91 Å². The second-order valence-corrected chi connectivity index (χ2v) is 6.42. The Balaban J connectivity index is 1.73. The van der Waals surface area contributed by atoms with Crippen LogP contribution in [0.3, 0.4) is 0 Å². The summed E-state index contributed by atoms with van der Waals surface area (Å²) in [4.78, 5) is 15.8. The van der Waals surface area contributed by atoms with Gasteiger partial charge in [0, 0.05) is 19.6 Å². The number of carbonyl (C=O) groups is 1. The summed E-state index contributed by atoms with van der Waals surface area (Å²) in [6.45, 7) is 7.36. The number of nitrogens with zero attached hydrogens (tertiary/aromatic N) is 2. The van der Waals surface area contributed by atoms with Gasteiger partial charge in [0.1, 0.15) is 18.5 Å². The minimum absolute atomic E-state index is 0.0726. The van der Waals surface area contributed by atoms with E-state index >= 15 is 0 Å². The zero-order chi connectivity index (χ0) is 17.5. The molecule has 0 spiro atoms. The first-order valence-corrected chi connectivity index (χ1v) is 8.38. The number of aliphatic hydroxyl groups excluding tert-OH is 1. The fraction of sp³-hybridized carbons (Fsp3) is 0.611. The summed E-state index contributed by atoms with van der Waals surface area (Å²) < 4.78 is 11.0. The highest BCUT2D eigenvalue weighted by Gasteiger charge is 2.19. The molecule has 1 N–H and O–H groups in total. The lowest BCUT2D eigenvalue weighted by Gasteiger charge is -2.29. The average Bonchev–Trinajstić information content (AvgIpc) is 2.56. The molecule has 1 unspecified atom stereocenters. The van der Waals surface area contributed by atoms with Gasteiger partial charge in [0.25, 0.3) is 0 Å². The van der Waals surface area contributed by atoms with Gasteiger partial charge in [-0.1, -0.05) is 12.1 Å². The number of benzene rings is 1. The molecule has 1 aliphatic heterocycles. The van der Waals surface area contributed by atoms with Gasteiger partial charge in [-0.15, -0.1) is 0 Å². The fourth-order valence-corrected chi connectivity index (χ4v) is 2.67. The maximum atomic E-state index is 12.2. The highest BCUT2D eigenvalue weighted by molar-refractivity contribution is 5.78. The normalized spacial score (nSPS) is 16.3. The second kappa shape index (κ2) is 9.01. The highest BCUT2D eigenvalue weighted by atomic mass is 16.5. The van der Waals surface area contributed by atoms with E-state index < -0.39 is 6.10 Å². The Labute approximate surface area is 144 Å². The predicted molar refractivity (Wildman–Crippen MR) is 92.3 cm³/mol. The molecule has 0 saturated carbocycles. The van der Waals surface area contributed by atoms with E-state index in [4.69, 9.17) is 9.47 Å². The first-order valence-electron chi connectivity index (χ1n) is 8.38. The number of hydrogen-bond donors (Lipinski definition) is 1. The number of aliphatic hydroxyl groups is 1. The number of rotatable bonds is 7. The van der Waals surface area contributed by atoms with E-state index in [1.807, 2.05) is 44.0 Å². The third-order valence-corrected chi connectivity index (χ3v) is 4.07. The predicted octanol–water partition coefficient (Wildman–Crippen LogP) is 0.834. The molecule has 2 rings (SSSR count). The van der Waals surface area contributed by atoms with Crippen LogP contribution in [0.4, 0.5) is 0 Å².